The van der Waals surface area contributed by atoms with E-state index in [4.69, 9.17) is 9.47 Å². The minimum Gasteiger partial charge on any atom is -0.491 e. The zero-order valence-electron chi connectivity index (χ0n) is 13.6. The molecule has 0 heterocycles. The van der Waals surface area contributed by atoms with Crippen molar-refractivity contribution in [2.45, 2.75) is 46.1 Å². The fourth-order valence-corrected chi connectivity index (χ4v) is 1.86. The van der Waals surface area contributed by atoms with Gasteiger partial charge in [-0.05, 0) is 44.4 Å². The summed E-state index contributed by atoms with van der Waals surface area (Å²) in [5.74, 6) is 1.46. The Morgan fingerprint density at radius 2 is 1.85 bits per heavy atom. The van der Waals surface area contributed by atoms with Crippen LogP contribution in [0.5, 0.6) is 5.75 Å². The van der Waals surface area contributed by atoms with Crippen molar-refractivity contribution in [3.63, 3.8) is 0 Å². The molecule has 0 fully saturated rings. The normalized spacial score (nSPS) is 11.9. The zero-order valence-corrected chi connectivity index (χ0v) is 13.6. The molecule has 2 N–H and O–H groups in total. The van der Waals surface area contributed by atoms with Crippen molar-refractivity contribution >= 4 is 0 Å². The molecule has 3 heteroatoms. The van der Waals surface area contributed by atoms with Crippen molar-refractivity contribution < 1.29 is 14.8 Å². The molecule has 0 aliphatic rings. The maximum atomic E-state index is 5.71. The number of ether oxygens (including phenoxy) is 2. The predicted octanol–water partition coefficient (Wildman–Crippen LogP) is 2.57. The molecule has 0 amide bonds. The molecule has 0 aliphatic heterocycles. The van der Waals surface area contributed by atoms with E-state index < -0.39 is 0 Å². The van der Waals surface area contributed by atoms with E-state index in [1.165, 1.54) is 5.56 Å². The molecule has 0 saturated heterocycles. The Morgan fingerprint density at radius 1 is 1.10 bits per heavy atom. The van der Waals surface area contributed by atoms with Gasteiger partial charge in [0.05, 0.1) is 25.3 Å². The molecule has 0 saturated carbocycles. The van der Waals surface area contributed by atoms with Gasteiger partial charge in [-0.25, -0.2) is 0 Å². The highest BCUT2D eigenvalue weighted by atomic mass is 16.5. The Labute approximate surface area is 123 Å². The monoisotopic (exact) mass is 280 g/mol. The minimum absolute atomic E-state index is 0.275. The van der Waals surface area contributed by atoms with Gasteiger partial charge in [-0.15, -0.1) is 0 Å². The van der Waals surface area contributed by atoms with Gasteiger partial charge in [0.1, 0.15) is 12.4 Å². The van der Waals surface area contributed by atoms with Crippen LogP contribution >= 0.6 is 0 Å². The summed E-state index contributed by atoms with van der Waals surface area (Å²) in [5, 5.41) is 2.29. The van der Waals surface area contributed by atoms with E-state index in [9.17, 15) is 0 Å². The van der Waals surface area contributed by atoms with Gasteiger partial charge in [-0.1, -0.05) is 26.0 Å². The largest absolute Gasteiger partial charge is 0.491 e. The van der Waals surface area contributed by atoms with Crippen LogP contribution < -0.4 is 10.1 Å². The lowest BCUT2D eigenvalue weighted by Gasteiger charge is -2.16. The molecular weight excluding hydrogens is 250 g/mol. The molecule has 0 unspecified atom stereocenters. The second kappa shape index (κ2) is 8.28. The fourth-order valence-electron chi connectivity index (χ4n) is 1.86. The highest BCUT2D eigenvalue weighted by Crippen LogP contribution is 2.19. The van der Waals surface area contributed by atoms with Crippen LogP contribution in [-0.2, 0) is 4.74 Å². The topological polar surface area (TPSA) is 35.1 Å². The van der Waals surface area contributed by atoms with Crippen molar-refractivity contribution in [3.05, 3.63) is 29.8 Å². The van der Waals surface area contributed by atoms with Gasteiger partial charge >= 0.3 is 0 Å². The summed E-state index contributed by atoms with van der Waals surface area (Å²) < 4.78 is 11.3. The Morgan fingerprint density at radius 3 is 2.50 bits per heavy atom. The number of hydrogen-bond acceptors (Lipinski definition) is 2. The minimum atomic E-state index is 0.275. The summed E-state index contributed by atoms with van der Waals surface area (Å²) >= 11 is 0. The summed E-state index contributed by atoms with van der Waals surface area (Å²) in [5.41, 5.74) is 1.58. The van der Waals surface area contributed by atoms with Crippen LogP contribution in [0.1, 0.15) is 46.1 Å². The summed E-state index contributed by atoms with van der Waals surface area (Å²) in [6.07, 6.45) is 0. The summed E-state index contributed by atoms with van der Waals surface area (Å²) in [6.45, 7) is 14.0. The average molecular weight is 280 g/mol. The number of quaternary nitrogens is 1. The van der Waals surface area contributed by atoms with E-state index in [0.717, 1.165) is 18.9 Å². The molecule has 0 radical (unpaired) electrons. The van der Waals surface area contributed by atoms with Crippen LogP contribution in [0.3, 0.4) is 0 Å². The van der Waals surface area contributed by atoms with Crippen LogP contribution in [0.15, 0.2) is 24.3 Å². The Bertz CT molecular complexity index is 383. The first-order valence-corrected chi connectivity index (χ1v) is 7.53. The van der Waals surface area contributed by atoms with Gasteiger partial charge < -0.3 is 14.8 Å². The molecule has 20 heavy (non-hydrogen) atoms. The first-order valence-electron chi connectivity index (χ1n) is 7.53. The highest BCUT2D eigenvalue weighted by Gasteiger charge is 2.11. The van der Waals surface area contributed by atoms with E-state index in [0.29, 0.717) is 19.1 Å². The van der Waals surface area contributed by atoms with E-state index in [2.05, 4.69) is 52.1 Å². The average Bonchev–Trinajstić information content (AvgIpc) is 2.36. The number of benzene rings is 1. The standard InChI is InChI=1S/C17H29NO2/c1-14(2)15-7-6-8-16(13-15)20-12-11-19-10-9-18-17(3,4)5/h6-8,13-14,18H,9-12H2,1-5H3/p+1. The predicted molar refractivity (Wildman–Crippen MR) is 83.4 cm³/mol. The number of nitrogens with two attached hydrogens (primary N) is 1. The molecule has 0 aliphatic carbocycles. The first-order chi connectivity index (χ1) is 9.38. The SMILES string of the molecule is CC(C)c1cccc(OCCOCC[NH2+]C(C)(C)C)c1. The van der Waals surface area contributed by atoms with E-state index in [1.54, 1.807) is 0 Å². The lowest BCUT2D eigenvalue weighted by atomic mass is 10.0. The van der Waals surface area contributed by atoms with Crippen molar-refractivity contribution in [3.8, 4) is 5.75 Å². The smallest absolute Gasteiger partial charge is 0.119 e. The highest BCUT2D eigenvalue weighted by molar-refractivity contribution is 5.30. The second-order valence-corrected chi connectivity index (χ2v) is 6.55. The lowest BCUT2D eigenvalue weighted by molar-refractivity contribution is -0.718. The number of rotatable bonds is 8. The van der Waals surface area contributed by atoms with Gasteiger partial charge in [-0.3, -0.25) is 0 Å². The van der Waals surface area contributed by atoms with Crippen molar-refractivity contribution in [1.29, 1.82) is 0 Å². The van der Waals surface area contributed by atoms with Gasteiger partial charge in [0.25, 0.3) is 0 Å². The number of hydrogen-bond donors (Lipinski definition) is 1. The molecule has 1 rings (SSSR count). The Kier molecular flexibility index (Phi) is 7.03. The van der Waals surface area contributed by atoms with Crippen molar-refractivity contribution in [1.82, 2.24) is 0 Å². The Hall–Kier alpha value is -1.06. The third-order valence-corrected chi connectivity index (χ3v) is 3.04. The van der Waals surface area contributed by atoms with Crippen LogP contribution in [0.2, 0.25) is 0 Å². The molecule has 0 aromatic heterocycles. The van der Waals surface area contributed by atoms with Crippen LogP contribution in [0, 0.1) is 0 Å². The molecule has 0 spiro atoms. The van der Waals surface area contributed by atoms with Gasteiger partial charge in [0.15, 0.2) is 0 Å². The van der Waals surface area contributed by atoms with Gasteiger partial charge in [-0.2, -0.15) is 0 Å². The third-order valence-electron chi connectivity index (χ3n) is 3.04. The summed E-state index contributed by atoms with van der Waals surface area (Å²) in [7, 11) is 0. The van der Waals surface area contributed by atoms with Gasteiger partial charge in [0.2, 0.25) is 0 Å². The molecule has 0 atom stereocenters. The van der Waals surface area contributed by atoms with Crippen molar-refractivity contribution in [2.75, 3.05) is 26.4 Å². The van der Waals surface area contributed by atoms with E-state index >= 15 is 0 Å². The van der Waals surface area contributed by atoms with Crippen LogP contribution in [0.25, 0.3) is 0 Å². The fraction of sp³-hybridized carbons (Fsp3) is 0.647. The molecule has 1 aromatic rings. The van der Waals surface area contributed by atoms with Gasteiger partial charge in [0, 0.05) is 0 Å². The zero-order chi connectivity index (χ0) is 15.0. The molecule has 1 aromatic carbocycles. The van der Waals surface area contributed by atoms with Crippen LogP contribution in [0.4, 0.5) is 0 Å². The molecule has 3 nitrogen and oxygen atoms in total. The molecule has 114 valence electrons. The van der Waals surface area contributed by atoms with E-state index in [-0.39, 0.29) is 5.54 Å². The lowest BCUT2D eigenvalue weighted by Crippen LogP contribution is -2.95. The third kappa shape index (κ3) is 7.51. The molecular formula is C17H30NO2+. The molecule has 0 bridgehead atoms. The van der Waals surface area contributed by atoms with E-state index in [1.807, 2.05) is 12.1 Å². The maximum absolute atomic E-state index is 5.71. The maximum Gasteiger partial charge on any atom is 0.119 e. The second-order valence-electron chi connectivity index (χ2n) is 6.55. The summed E-state index contributed by atoms with van der Waals surface area (Å²) in [6, 6.07) is 8.29. The summed E-state index contributed by atoms with van der Waals surface area (Å²) in [4.78, 5) is 0. The van der Waals surface area contributed by atoms with Crippen molar-refractivity contribution in [2.24, 2.45) is 0 Å². The first kappa shape index (κ1) is 17.0. The quantitative estimate of drug-likeness (QED) is 0.743. The Balaban J connectivity index is 2.14. The van der Waals surface area contributed by atoms with Crippen LogP contribution in [-0.4, -0.2) is 31.9 Å².